The van der Waals surface area contributed by atoms with E-state index < -0.39 is 0 Å². The normalized spacial score (nSPS) is 17.7. The van der Waals surface area contributed by atoms with Crippen LogP contribution in [0.5, 0.6) is 17.2 Å². The van der Waals surface area contributed by atoms with Crippen LogP contribution in [0, 0.1) is 0 Å². The maximum atomic E-state index is 12.7. The monoisotopic (exact) mass is 397 g/mol. The summed E-state index contributed by atoms with van der Waals surface area (Å²) >= 11 is 0. The minimum Gasteiger partial charge on any atom is -0.497 e. The van der Waals surface area contributed by atoms with E-state index in [0.717, 1.165) is 49.0 Å². The van der Waals surface area contributed by atoms with E-state index in [-0.39, 0.29) is 18.7 Å². The first kappa shape index (κ1) is 19.5. The number of methoxy groups -OCH3 is 1. The molecule has 1 atom stereocenters. The second-order valence-corrected chi connectivity index (χ2v) is 7.41. The van der Waals surface area contributed by atoms with E-state index in [1.807, 2.05) is 12.1 Å². The van der Waals surface area contributed by atoms with Crippen LogP contribution < -0.4 is 19.5 Å². The highest BCUT2D eigenvalue weighted by atomic mass is 16.7. The highest BCUT2D eigenvalue weighted by Gasteiger charge is 2.26. The lowest BCUT2D eigenvalue weighted by molar-refractivity contribution is 0.0886. The van der Waals surface area contributed by atoms with Crippen molar-refractivity contribution in [2.45, 2.75) is 6.04 Å². The summed E-state index contributed by atoms with van der Waals surface area (Å²) in [5.41, 5.74) is 1.74. The highest BCUT2D eigenvalue weighted by molar-refractivity contribution is 5.94. The van der Waals surface area contributed by atoms with Crippen LogP contribution in [0.2, 0.25) is 0 Å². The number of nitrogens with one attached hydrogen (secondary N) is 1. The molecular formula is C22H27N3O4. The summed E-state index contributed by atoms with van der Waals surface area (Å²) < 4.78 is 16.2. The van der Waals surface area contributed by atoms with Crippen molar-refractivity contribution >= 4 is 5.91 Å². The van der Waals surface area contributed by atoms with Crippen LogP contribution in [0.4, 0.5) is 0 Å². The van der Waals surface area contributed by atoms with Gasteiger partial charge in [-0.15, -0.1) is 0 Å². The number of fused-ring (bicyclic) bond motifs is 1. The van der Waals surface area contributed by atoms with Crippen molar-refractivity contribution in [3.8, 4) is 17.2 Å². The minimum atomic E-state index is -0.0903. The van der Waals surface area contributed by atoms with Crippen molar-refractivity contribution in [2.75, 3.05) is 53.7 Å². The molecule has 0 spiro atoms. The fourth-order valence-corrected chi connectivity index (χ4v) is 3.75. The van der Waals surface area contributed by atoms with Gasteiger partial charge in [0.05, 0.1) is 13.2 Å². The van der Waals surface area contributed by atoms with Crippen LogP contribution in [0.25, 0.3) is 0 Å². The highest BCUT2D eigenvalue weighted by Crippen LogP contribution is 2.35. The van der Waals surface area contributed by atoms with Crippen molar-refractivity contribution in [3.05, 3.63) is 53.6 Å². The quantitative estimate of drug-likeness (QED) is 0.806. The Labute approximate surface area is 171 Å². The fraction of sp³-hybridized carbons (Fsp3) is 0.409. The maximum absolute atomic E-state index is 12.7. The molecular weight excluding hydrogens is 370 g/mol. The third-order valence-corrected chi connectivity index (χ3v) is 5.57. The Bertz CT molecular complexity index is 848. The smallest absolute Gasteiger partial charge is 0.251 e. The molecule has 0 aromatic heterocycles. The molecule has 0 bridgehead atoms. The molecule has 1 fully saturated rings. The van der Waals surface area contributed by atoms with Gasteiger partial charge in [-0.3, -0.25) is 9.69 Å². The molecule has 0 unspecified atom stereocenters. The summed E-state index contributed by atoms with van der Waals surface area (Å²) in [4.78, 5) is 17.4. The summed E-state index contributed by atoms with van der Waals surface area (Å²) in [7, 11) is 3.75. The Balaban J connectivity index is 1.49. The SMILES string of the molecule is COc1ccc(C(=O)NC[C@H](c2ccc3c(c2)OCO3)N2CCN(C)CC2)cc1. The third-order valence-electron chi connectivity index (χ3n) is 5.57. The number of carbonyl (C=O) groups excluding carboxylic acids is 1. The van der Waals surface area contributed by atoms with E-state index in [2.05, 4.69) is 28.2 Å². The lowest BCUT2D eigenvalue weighted by atomic mass is 10.0. The number of rotatable bonds is 6. The van der Waals surface area contributed by atoms with Gasteiger partial charge in [-0.25, -0.2) is 0 Å². The molecule has 2 aromatic carbocycles. The number of nitrogens with zero attached hydrogens (tertiary/aromatic N) is 2. The van der Waals surface area contributed by atoms with Crippen LogP contribution in [0.15, 0.2) is 42.5 Å². The van der Waals surface area contributed by atoms with Gasteiger partial charge in [0.25, 0.3) is 5.91 Å². The van der Waals surface area contributed by atoms with Gasteiger partial charge in [0.1, 0.15) is 5.75 Å². The molecule has 7 nitrogen and oxygen atoms in total. The van der Waals surface area contributed by atoms with Crippen LogP contribution in [-0.2, 0) is 0 Å². The third kappa shape index (κ3) is 4.46. The predicted octanol–water partition coefficient (Wildman–Crippen LogP) is 2.14. The van der Waals surface area contributed by atoms with Crippen molar-refractivity contribution in [3.63, 3.8) is 0 Å². The Morgan fingerprint density at radius 1 is 1.07 bits per heavy atom. The van der Waals surface area contributed by atoms with Crippen molar-refractivity contribution in [1.82, 2.24) is 15.1 Å². The molecule has 4 rings (SSSR count). The molecule has 2 aliphatic rings. The molecule has 2 aliphatic heterocycles. The Hall–Kier alpha value is -2.77. The maximum Gasteiger partial charge on any atom is 0.251 e. The second-order valence-electron chi connectivity index (χ2n) is 7.41. The number of hydrogen-bond acceptors (Lipinski definition) is 6. The van der Waals surface area contributed by atoms with Gasteiger partial charge in [-0.1, -0.05) is 6.07 Å². The number of amides is 1. The zero-order valence-electron chi connectivity index (χ0n) is 16.9. The molecule has 2 heterocycles. The zero-order valence-corrected chi connectivity index (χ0v) is 16.9. The first-order valence-corrected chi connectivity index (χ1v) is 9.88. The molecule has 1 amide bonds. The molecule has 7 heteroatoms. The number of ether oxygens (including phenoxy) is 3. The van der Waals surface area contributed by atoms with Crippen molar-refractivity contribution in [1.29, 1.82) is 0 Å². The molecule has 0 saturated carbocycles. The molecule has 0 aliphatic carbocycles. The van der Waals surface area contributed by atoms with Gasteiger partial charge in [0, 0.05) is 38.3 Å². The Kier molecular flexibility index (Phi) is 5.87. The van der Waals surface area contributed by atoms with E-state index in [1.165, 1.54) is 0 Å². The summed E-state index contributed by atoms with van der Waals surface area (Å²) in [6, 6.07) is 13.3. The average molecular weight is 397 g/mol. The van der Waals surface area contributed by atoms with Crippen LogP contribution in [0.3, 0.4) is 0 Å². The topological polar surface area (TPSA) is 63.3 Å². The van der Waals surface area contributed by atoms with Gasteiger partial charge in [0.15, 0.2) is 11.5 Å². The largest absolute Gasteiger partial charge is 0.497 e. The first-order chi connectivity index (χ1) is 14.1. The number of benzene rings is 2. The van der Waals surface area contributed by atoms with Crippen LogP contribution in [0.1, 0.15) is 22.0 Å². The number of likely N-dealkylation sites (N-methyl/N-ethyl adjacent to an activating group) is 1. The first-order valence-electron chi connectivity index (χ1n) is 9.88. The van der Waals surface area contributed by atoms with Gasteiger partial charge < -0.3 is 24.4 Å². The van der Waals surface area contributed by atoms with E-state index in [0.29, 0.717) is 12.1 Å². The minimum absolute atomic E-state index is 0.0698. The summed E-state index contributed by atoms with van der Waals surface area (Å²) in [5, 5.41) is 3.10. The summed E-state index contributed by atoms with van der Waals surface area (Å²) in [6.07, 6.45) is 0. The van der Waals surface area contributed by atoms with E-state index >= 15 is 0 Å². The fourth-order valence-electron chi connectivity index (χ4n) is 3.75. The van der Waals surface area contributed by atoms with Crippen LogP contribution in [-0.4, -0.2) is 69.4 Å². The molecule has 2 aromatic rings. The molecule has 29 heavy (non-hydrogen) atoms. The molecule has 1 N–H and O–H groups in total. The Morgan fingerprint density at radius 3 is 2.52 bits per heavy atom. The van der Waals surface area contributed by atoms with Gasteiger partial charge >= 0.3 is 0 Å². The lowest BCUT2D eigenvalue weighted by Gasteiger charge is -2.38. The molecule has 154 valence electrons. The van der Waals surface area contributed by atoms with Crippen molar-refractivity contribution in [2.24, 2.45) is 0 Å². The van der Waals surface area contributed by atoms with Crippen LogP contribution >= 0.6 is 0 Å². The predicted molar refractivity (Wildman–Crippen MR) is 110 cm³/mol. The Morgan fingerprint density at radius 2 is 1.79 bits per heavy atom. The zero-order chi connectivity index (χ0) is 20.2. The van der Waals surface area contributed by atoms with E-state index in [4.69, 9.17) is 14.2 Å². The molecule has 0 radical (unpaired) electrons. The van der Waals surface area contributed by atoms with Gasteiger partial charge in [-0.2, -0.15) is 0 Å². The standard InChI is InChI=1S/C22H27N3O4/c1-24-9-11-25(12-10-24)19(17-5-8-20-21(13-17)29-15-28-20)14-23-22(26)16-3-6-18(27-2)7-4-16/h3-8,13,19H,9-12,14-15H2,1-2H3,(H,23,26)/t19-/m1/s1. The summed E-state index contributed by atoms with van der Waals surface area (Å²) in [5.74, 6) is 2.18. The van der Waals surface area contributed by atoms with E-state index in [1.54, 1.807) is 31.4 Å². The lowest BCUT2D eigenvalue weighted by Crippen LogP contribution is -2.48. The average Bonchev–Trinajstić information content (AvgIpc) is 3.23. The molecule has 1 saturated heterocycles. The van der Waals surface area contributed by atoms with E-state index in [9.17, 15) is 4.79 Å². The second kappa shape index (κ2) is 8.71. The number of hydrogen-bond donors (Lipinski definition) is 1. The number of carbonyl (C=O) groups is 1. The number of piperazine rings is 1. The van der Waals surface area contributed by atoms with Crippen molar-refractivity contribution < 1.29 is 19.0 Å². The van der Waals surface area contributed by atoms with Gasteiger partial charge in [0.2, 0.25) is 6.79 Å². The summed E-state index contributed by atoms with van der Waals surface area (Å²) in [6.45, 7) is 4.70. The van der Waals surface area contributed by atoms with Gasteiger partial charge in [-0.05, 0) is 49.0 Å².